The molecule has 1 aromatic rings. The van der Waals surface area contributed by atoms with E-state index in [9.17, 15) is 19.2 Å². The normalized spacial score (nSPS) is 20.9. The van der Waals surface area contributed by atoms with Crippen molar-refractivity contribution < 1.29 is 19.2 Å². The van der Waals surface area contributed by atoms with Gasteiger partial charge >= 0.3 is 0 Å². The van der Waals surface area contributed by atoms with Crippen LogP contribution in [0.5, 0.6) is 0 Å². The molecule has 1 spiro atoms. The minimum absolute atomic E-state index is 0.0668. The summed E-state index contributed by atoms with van der Waals surface area (Å²) in [7, 11) is 1.51. The summed E-state index contributed by atoms with van der Waals surface area (Å²) in [4.78, 5) is 50.2. The lowest BCUT2D eigenvalue weighted by Crippen LogP contribution is -2.47. The summed E-state index contributed by atoms with van der Waals surface area (Å²) < 4.78 is 0. The molecule has 0 aromatic heterocycles. The average molecular weight is 427 g/mol. The number of amides is 3. The van der Waals surface area contributed by atoms with Crippen molar-refractivity contribution in [2.24, 2.45) is 11.3 Å². The van der Waals surface area contributed by atoms with E-state index in [0.717, 1.165) is 24.5 Å². The second kappa shape index (κ2) is 8.78. The maximum absolute atomic E-state index is 13.1. The van der Waals surface area contributed by atoms with Crippen molar-refractivity contribution in [1.82, 2.24) is 15.5 Å². The molecular weight excluding hydrogens is 396 g/mol. The zero-order valence-electron chi connectivity index (χ0n) is 17.9. The zero-order valence-corrected chi connectivity index (χ0v) is 17.9. The molecule has 2 aliphatic heterocycles. The third-order valence-electron chi connectivity index (χ3n) is 7.07. The van der Waals surface area contributed by atoms with Gasteiger partial charge in [-0.1, -0.05) is 6.07 Å². The molecule has 1 saturated carbocycles. The highest BCUT2D eigenvalue weighted by Crippen LogP contribution is 2.51. The minimum atomic E-state index is -0.955. The van der Waals surface area contributed by atoms with Gasteiger partial charge in [-0.15, -0.1) is 0 Å². The van der Waals surface area contributed by atoms with Crippen molar-refractivity contribution in [3.8, 4) is 0 Å². The summed E-state index contributed by atoms with van der Waals surface area (Å²) in [6.45, 7) is 2.95. The molecule has 8 nitrogen and oxygen atoms in total. The largest absolute Gasteiger partial charge is 0.384 e. The fourth-order valence-corrected chi connectivity index (χ4v) is 5.34. The lowest BCUT2D eigenvalue weighted by atomic mass is 9.58. The summed E-state index contributed by atoms with van der Waals surface area (Å²) in [5.41, 5.74) is 1.77. The molecule has 8 heteroatoms. The van der Waals surface area contributed by atoms with Crippen LogP contribution in [0.4, 0.5) is 5.69 Å². The van der Waals surface area contributed by atoms with Crippen molar-refractivity contribution >= 4 is 29.7 Å². The van der Waals surface area contributed by atoms with E-state index >= 15 is 0 Å². The first-order valence-corrected chi connectivity index (χ1v) is 11.1. The molecule has 4 rings (SSSR count). The maximum Gasteiger partial charge on any atom is 0.264 e. The SMILES string of the molecule is CNC(=O)CCC(C=O)N1C(=O)c2cccc(NCC3CC4(CCNCC4)C3)c2C1=O. The number of nitrogens with zero attached hydrogens (tertiary/aromatic N) is 1. The molecular formula is C23H30N4O4. The van der Waals surface area contributed by atoms with Gasteiger partial charge in [0.1, 0.15) is 6.29 Å². The quantitative estimate of drug-likeness (QED) is 0.430. The Morgan fingerprint density at radius 2 is 2.00 bits per heavy atom. The number of anilines is 1. The smallest absolute Gasteiger partial charge is 0.264 e. The van der Waals surface area contributed by atoms with E-state index in [4.69, 9.17) is 0 Å². The molecule has 1 aromatic carbocycles. The van der Waals surface area contributed by atoms with Gasteiger partial charge in [-0.05, 0) is 68.7 Å². The number of nitrogens with one attached hydrogen (secondary N) is 3. The highest BCUT2D eigenvalue weighted by atomic mass is 16.2. The van der Waals surface area contributed by atoms with Crippen LogP contribution in [-0.2, 0) is 9.59 Å². The third kappa shape index (κ3) is 4.08. The summed E-state index contributed by atoms with van der Waals surface area (Å²) in [6, 6.07) is 4.23. The van der Waals surface area contributed by atoms with Gasteiger partial charge < -0.3 is 20.7 Å². The molecule has 2 fully saturated rings. The van der Waals surface area contributed by atoms with Gasteiger partial charge in [0.15, 0.2) is 0 Å². The number of hydrogen-bond acceptors (Lipinski definition) is 6. The van der Waals surface area contributed by atoms with Crippen LogP contribution in [0.1, 0.15) is 59.2 Å². The molecule has 2 heterocycles. The lowest BCUT2D eigenvalue weighted by molar-refractivity contribution is -0.121. The van der Waals surface area contributed by atoms with Crippen LogP contribution in [0, 0.1) is 11.3 Å². The second-order valence-corrected chi connectivity index (χ2v) is 9.03. The highest BCUT2D eigenvalue weighted by molar-refractivity contribution is 6.24. The monoisotopic (exact) mass is 426 g/mol. The topological polar surface area (TPSA) is 108 Å². The van der Waals surface area contributed by atoms with E-state index in [1.54, 1.807) is 12.1 Å². The maximum atomic E-state index is 13.1. The Bertz CT molecular complexity index is 886. The summed E-state index contributed by atoms with van der Waals surface area (Å²) in [5, 5.41) is 9.29. The van der Waals surface area contributed by atoms with Crippen molar-refractivity contribution in [3.63, 3.8) is 0 Å². The summed E-state index contributed by atoms with van der Waals surface area (Å²) in [6.07, 6.45) is 5.60. The summed E-state index contributed by atoms with van der Waals surface area (Å²) >= 11 is 0. The molecule has 31 heavy (non-hydrogen) atoms. The molecule has 166 valence electrons. The van der Waals surface area contributed by atoms with Gasteiger partial charge in [-0.2, -0.15) is 0 Å². The molecule has 0 radical (unpaired) electrons. The van der Waals surface area contributed by atoms with E-state index in [-0.39, 0.29) is 18.7 Å². The van der Waals surface area contributed by atoms with Gasteiger partial charge in [0.25, 0.3) is 11.8 Å². The number of aldehydes is 1. The van der Waals surface area contributed by atoms with Crippen molar-refractivity contribution in [2.45, 2.75) is 44.6 Å². The first-order valence-electron chi connectivity index (χ1n) is 11.1. The van der Waals surface area contributed by atoms with Gasteiger partial charge in [0, 0.05) is 25.7 Å². The van der Waals surface area contributed by atoms with Crippen molar-refractivity contribution in [3.05, 3.63) is 29.3 Å². The Kier molecular flexibility index (Phi) is 6.09. The predicted molar refractivity (Wildman–Crippen MR) is 116 cm³/mol. The molecule has 1 aliphatic carbocycles. The first-order chi connectivity index (χ1) is 15.0. The molecule has 3 N–H and O–H groups in total. The van der Waals surface area contributed by atoms with E-state index in [1.807, 2.05) is 6.07 Å². The third-order valence-corrected chi connectivity index (χ3v) is 7.07. The fourth-order valence-electron chi connectivity index (χ4n) is 5.34. The van der Waals surface area contributed by atoms with Crippen molar-refractivity contribution in [1.29, 1.82) is 0 Å². The summed E-state index contributed by atoms with van der Waals surface area (Å²) in [5.74, 6) is -0.624. The Morgan fingerprint density at radius 3 is 2.68 bits per heavy atom. The Hall–Kier alpha value is -2.74. The van der Waals surface area contributed by atoms with E-state index in [1.165, 1.54) is 32.7 Å². The molecule has 0 bridgehead atoms. The van der Waals surface area contributed by atoms with E-state index in [2.05, 4.69) is 16.0 Å². The number of benzene rings is 1. The van der Waals surface area contributed by atoms with Crippen LogP contribution in [-0.4, -0.2) is 61.6 Å². The standard InChI is InChI=1S/C23H30N4O4/c1-24-19(29)6-5-16(14-28)27-21(30)17-3-2-4-18(20(17)22(27)31)26-13-15-11-23(12-15)7-9-25-10-8-23/h2-4,14-16,25-26H,5-13H2,1H3,(H,24,29). The minimum Gasteiger partial charge on any atom is -0.384 e. The molecule has 3 aliphatic rings. The number of rotatable bonds is 8. The Labute approximate surface area is 182 Å². The molecule has 1 unspecified atom stereocenters. The Morgan fingerprint density at radius 1 is 1.26 bits per heavy atom. The van der Waals surface area contributed by atoms with Crippen LogP contribution < -0.4 is 16.0 Å². The van der Waals surface area contributed by atoms with Crippen LogP contribution in [0.3, 0.4) is 0 Å². The predicted octanol–water partition coefficient (Wildman–Crippen LogP) is 1.57. The first kappa shape index (κ1) is 21.5. The lowest BCUT2D eigenvalue weighted by Gasteiger charge is -2.50. The number of piperidine rings is 1. The Balaban J connectivity index is 1.43. The van der Waals surface area contributed by atoms with Crippen LogP contribution >= 0.6 is 0 Å². The number of carbonyl (C=O) groups excluding carboxylic acids is 4. The van der Waals surface area contributed by atoms with Crippen LogP contribution in [0.25, 0.3) is 0 Å². The second-order valence-electron chi connectivity index (χ2n) is 9.03. The fraction of sp³-hybridized carbons (Fsp3) is 0.565. The van der Waals surface area contributed by atoms with Crippen LogP contribution in [0.2, 0.25) is 0 Å². The van der Waals surface area contributed by atoms with E-state index < -0.39 is 17.9 Å². The van der Waals surface area contributed by atoms with Crippen LogP contribution in [0.15, 0.2) is 18.2 Å². The van der Waals surface area contributed by atoms with Gasteiger partial charge in [0.2, 0.25) is 5.91 Å². The molecule has 1 saturated heterocycles. The number of fused-ring (bicyclic) bond motifs is 1. The highest BCUT2D eigenvalue weighted by Gasteiger charge is 2.45. The zero-order chi connectivity index (χ0) is 22.0. The number of hydrogen-bond donors (Lipinski definition) is 3. The molecule has 3 amide bonds. The molecule has 1 atom stereocenters. The van der Waals surface area contributed by atoms with Gasteiger partial charge in [-0.25, -0.2) is 0 Å². The average Bonchev–Trinajstić information content (AvgIpc) is 3.03. The van der Waals surface area contributed by atoms with Gasteiger partial charge in [-0.3, -0.25) is 19.3 Å². The van der Waals surface area contributed by atoms with Gasteiger partial charge in [0.05, 0.1) is 17.2 Å². The van der Waals surface area contributed by atoms with E-state index in [0.29, 0.717) is 34.4 Å². The number of carbonyl (C=O) groups is 4. The number of imide groups is 1. The van der Waals surface area contributed by atoms with Crippen molar-refractivity contribution in [2.75, 3.05) is 32.0 Å².